The Labute approximate surface area is 134 Å². The monoisotopic (exact) mass is 308 g/mol. The molecule has 0 bridgehead atoms. The maximum atomic E-state index is 12.2. The van der Waals surface area contributed by atoms with Gasteiger partial charge in [-0.1, -0.05) is 18.2 Å². The van der Waals surface area contributed by atoms with E-state index < -0.39 is 5.91 Å². The Morgan fingerprint density at radius 2 is 1.78 bits per heavy atom. The molecule has 0 aliphatic carbocycles. The van der Waals surface area contributed by atoms with E-state index in [1.54, 1.807) is 62.8 Å². The molecule has 0 heterocycles. The molecule has 0 aromatic heterocycles. The molecule has 23 heavy (non-hydrogen) atoms. The Balaban J connectivity index is 2.17. The van der Waals surface area contributed by atoms with Gasteiger partial charge in [0.15, 0.2) is 0 Å². The summed E-state index contributed by atoms with van der Waals surface area (Å²) >= 11 is 0. The Kier molecular flexibility index (Phi) is 5.37. The Bertz CT molecular complexity index is 759. The minimum Gasteiger partial charge on any atom is -0.497 e. The molecule has 0 saturated carbocycles. The number of ether oxygens (including phenoxy) is 2. The number of rotatable bonds is 5. The molecule has 0 aliphatic heterocycles. The molecule has 0 spiro atoms. The van der Waals surface area contributed by atoms with Gasteiger partial charge in [-0.2, -0.15) is 5.26 Å². The Morgan fingerprint density at radius 1 is 1.09 bits per heavy atom. The van der Waals surface area contributed by atoms with Crippen LogP contribution in [0.15, 0.2) is 54.1 Å². The van der Waals surface area contributed by atoms with Crippen LogP contribution < -0.4 is 14.8 Å². The van der Waals surface area contributed by atoms with E-state index in [9.17, 15) is 10.1 Å². The van der Waals surface area contributed by atoms with E-state index in [1.807, 2.05) is 6.07 Å². The first-order valence-corrected chi connectivity index (χ1v) is 6.87. The van der Waals surface area contributed by atoms with Crippen molar-refractivity contribution >= 4 is 17.7 Å². The Hall–Kier alpha value is -3.26. The van der Waals surface area contributed by atoms with E-state index >= 15 is 0 Å². The van der Waals surface area contributed by atoms with E-state index in [-0.39, 0.29) is 5.57 Å². The number of hydrogen-bond acceptors (Lipinski definition) is 4. The molecule has 0 aliphatic rings. The third-order valence-corrected chi connectivity index (χ3v) is 3.12. The minimum absolute atomic E-state index is 0.0120. The lowest BCUT2D eigenvalue weighted by Crippen LogP contribution is -2.13. The van der Waals surface area contributed by atoms with Gasteiger partial charge in [0.1, 0.15) is 23.1 Å². The van der Waals surface area contributed by atoms with Crippen molar-refractivity contribution in [3.8, 4) is 17.6 Å². The largest absolute Gasteiger partial charge is 0.497 e. The zero-order chi connectivity index (χ0) is 16.7. The molecule has 1 amide bonds. The standard InChI is InChI=1S/C18H16N2O3/c1-22-16-8-6-13(7-9-16)10-14(12-19)18(21)20-15-4-3-5-17(11-15)23-2/h3-11H,1-2H3,(H,20,21)/b14-10-. The summed E-state index contributed by atoms with van der Waals surface area (Å²) in [5.41, 5.74) is 1.31. The number of methoxy groups -OCH3 is 2. The van der Waals surface area contributed by atoms with Crippen LogP contribution in [0.4, 0.5) is 5.69 Å². The van der Waals surface area contributed by atoms with Gasteiger partial charge in [-0.05, 0) is 35.9 Å². The highest BCUT2D eigenvalue weighted by Gasteiger charge is 2.10. The average molecular weight is 308 g/mol. The van der Waals surface area contributed by atoms with Crippen LogP contribution in [0.25, 0.3) is 6.08 Å². The molecule has 2 aromatic rings. The van der Waals surface area contributed by atoms with Crippen molar-refractivity contribution in [2.75, 3.05) is 19.5 Å². The molecular formula is C18H16N2O3. The summed E-state index contributed by atoms with van der Waals surface area (Å²) in [6.45, 7) is 0. The van der Waals surface area contributed by atoms with Crippen LogP contribution >= 0.6 is 0 Å². The number of benzene rings is 2. The number of amides is 1. The molecule has 5 heteroatoms. The first kappa shape index (κ1) is 16.1. The third kappa shape index (κ3) is 4.35. The fraction of sp³-hybridized carbons (Fsp3) is 0.111. The maximum absolute atomic E-state index is 12.2. The maximum Gasteiger partial charge on any atom is 0.266 e. The topological polar surface area (TPSA) is 71.3 Å². The molecule has 0 fully saturated rings. The second-order valence-corrected chi connectivity index (χ2v) is 4.63. The SMILES string of the molecule is COc1ccc(/C=C(/C#N)C(=O)Nc2cccc(OC)c2)cc1. The molecule has 116 valence electrons. The van der Waals surface area contributed by atoms with Crippen molar-refractivity contribution in [2.24, 2.45) is 0 Å². The molecule has 5 nitrogen and oxygen atoms in total. The van der Waals surface area contributed by atoms with Crippen molar-refractivity contribution in [3.63, 3.8) is 0 Å². The summed E-state index contributed by atoms with van der Waals surface area (Å²) in [6.07, 6.45) is 1.52. The lowest BCUT2D eigenvalue weighted by molar-refractivity contribution is -0.112. The van der Waals surface area contributed by atoms with Gasteiger partial charge in [0.05, 0.1) is 14.2 Å². The molecule has 0 atom stereocenters. The van der Waals surface area contributed by atoms with Crippen molar-refractivity contribution in [2.45, 2.75) is 0 Å². The number of carbonyl (C=O) groups excluding carboxylic acids is 1. The van der Waals surface area contributed by atoms with Crippen LogP contribution in [0.3, 0.4) is 0 Å². The van der Waals surface area contributed by atoms with Gasteiger partial charge >= 0.3 is 0 Å². The number of nitriles is 1. The van der Waals surface area contributed by atoms with E-state index in [4.69, 9.17) is 9.47 Å². The summed E-state index contributed by atoms with van der Waals surface area (Å²) in [5, 5.41) is 11.9. The van der Waals surface area contributed by atoms with Gasteiger partial charge in [-0.15, -0.1) is 0 Å². The van der Waals surface area contributed by atoms with Gasteiger partial charge in [0, 0.05) is 11.8 Å². The number of nitrogens with one attached hydrogen (secondary N) is 1. The van der Waals surface area contributed by atoms with Gasteiger partial charge in [-0.3, -0.25) is 4.79 Å². The van der Waals surface area contributed by atoms with Crippen molar-refractivity contribution in [3.05, 3.63) is 59.7 Å². The van der Waals surface area contributed by atoms with Crippen LogP contribution in [0.1, 0.15) is 5.56 Å². The third-order valence-electron chi connectivity index (χ3n) is 3.12. The van der Waals surface area contributed by atoms with Crippen molar-refractivity contribution in [1.29, 1.82) is 5.26 Å². The number of nitrogens with zero attached hydrogens (tertiary/aromatic N) is 1. The number of carbonyl (C=O) groups is 1. The van der Waals surface area contributed by atoms with Crippen LogP contribution in [0.5, 0.6) is 11.5 Å². The normalized spacial score (nSPS) is 10.6. The smallest absolute Gasteiger partial charge is 0.266 e. The van der Waals surface area contributed by atoms with E-state index in [2.05, 4.69) is 5.32 Å². The van der Waals surface area contributed by atoms with Crippen LogP contribution in [0, 0.1) is 11.3 Å². The lowest BCUT2D eigenvalue weighted by atomic mass is 10.1. The highest BCUT2D eigenvalue weighted by atomic mass is 16.5. The second-order valence-electron chi connectivity index (χ2n) is 4.63. The number of anilines is 1. The minimum atomic E-state index is -0.475. The van der Waals surface area contributed by atoms with Crippen LogP contribution in [0.2, 0.25) is 0 Å². The number of hydrogen-bond donors (Lipinski definition) is 1. The van der Waals surface area contributed by atoms with Gasteiger partial charge in [-0.25, -0.2) is 0 Å². The second kappa shape index (κ2) is 7.66. The van der Waals surface area contributed by atoms with Gasteiger partial charge in [0.2, 0.25) is 0 Å². The fourth-order valence-electron chi connectivity index (χ4n) is 1.91. The summed E-state index contributed by atoms with van der Waals surface area (Å²) in [4.78, 5) is 12.2. The quantitative estimate of drug-likeness (QED) is 0.680. The molecule has 2 rings (SSSR count). The van der Waals surface area contributed by atoms with Crippen LogP contribution in [-0.2, 0) is 4.79 Å². The summed E-state index contributed by atoms with van der Waals surface area (Å²) in [6, 6.07) is 15.9. The molecule has 2 aromatic carbocycles. The van der Waals surface area contributed by atoms with Gasteiger partial charge < -0.3 is 14.8 Å². The summed E-state index contributed by atoms with van der Waals surface area (Å²) in [7, 11) is 3.12. The van der Waals surface area contributed by atoms with E-state index in [0.29, 0.717) is 17.2 Å². The summed E-state index contributed by atoms with van der Waals surface area (Å²) in [5.74, 6) is 0.860. The van der Waals surface area contributed by atoms with Crippen molar-refractivity contribution in [1.82, 2.24) is 0 Å². The molecule has 0 saturated heterocycles. The molecule has 0 unspecified atom stereocenters. The average Bonchev–Trinajstić information content (AvgIpc) is 2.60. The lowest BCUT2D eigenvalue weighted by Gasteiger charge is -2.06. The highest BCUT2D eigenvalue weighted by Crippen LogP contribution is 2.18. The predicted octanol–water partition coefficient (Wildman–Crippen LogP) is 3.25. The van der Waals surface area contributed by atoms with Gasteiger partial charge in [0.25, 0.3) is 5.91 Å². The van der Waals surface area contributed by atoms with E-state index in [0.717, 1.165) is 5.56 Å². The molecule has 0 radical (unpaired) electrons. The Morgan fingerprint density at radius 3 is 2.39 bits per heavy atom. The molecule has 1 N–H and O–H groups in total. The van der Waals surface area contributed by atoms with Crippen molar-refractivity contribution < 1.29 is 14.3 Å². The molecular weight excluding hydrogens is 292 g/mol. The fourth-order valence-corrected chi connectivity index (χ4v) is 1.91. The zero-order valence-corrected chi connectivity index (χ0v) is 12.9. The summed E-state index contributed by atoms with van der Waals surface area (Å²) < 4.78 is 10.2. The van der Waals surface area contributed by atoms with E-state index in [1.165, 1.54) is 6.08 Å². The predicted molar refractivity (Wildman–Crippen MR) is 88.2 cm³/mol. The highest BCUT2D eigenvalue weighted by molar-refractivity contribution is 6.09. The first-order valence-electron chi connectivity index (χ1n) is 6.87. The zero-order valence-electron chi connectivity index (χ0n) is 12.9. The first-order chi connectivity index (χ1) is 11.2. The van der Waals surface area contributed by atoms with Crippen LogP contribution in [-0.4, -0.2) is 20.1 Å².